The number of nitrogens with zero attached hydrogens (tertiary/aromatic N) is 2. The number of aryl methyl sites for hydroxylation is 1. The van der Waals surface area contributed by atoms with Crippen LogP contribution in [0.2, 0.25) is 0 Å². The molecule has 1 aromatic rings. The molecule has 0 aromatic carbocycles. The van der Waals surface area contributed by atoms with E-state index in [0.717, 1.165) is 4.57 Å². The van der Waals surface area contributed by atoms with Crippen molar-refractivity contribution >= 4 is 29.4 Å². The summed E-state index contributed by atoms with van der Waals surface area (Å²) in [5, 5.41) is 3.32. The lowest BCUT2D eigenvalue weighted by atomic mass is 10.2. The Morgan fingerprint density at radius 2 is 1.85 bits per heavy atom. The molecule has 0 radical (unpaired) electrons. The molecular formula is C11H20N5O14P3. The van der Waals surface area contributed by atoms with Crippen molar-refractivity contribution in [3.05, 3.63) is 32.6 Å². The van der Waals surface area contributed by atoms with Crippen molar-refractivity contribution < 1.29 is 56.0 Å². The van der Waals surface area contributed by atoms with E-state index in [1.807, 2.05) is 0 Å². The monoisotopic (exact) mass is 539 g/mol. The van der Waals surface area contributed by atoms with Crippen molar-refractivity contribution in [2.45, 2.75) is 31.8 Å². The molecule has 5 atom stereocenters. The summed E-state index contributed by atoms with van der Waals surface area (Å²) in [6, 6.07) is 0. The fourth-order valence-electron chi connectivity index (χ4n) is 2.53. The molecule has 0 saturated carbocycles. The highest BCUT2D eigenvalue weighted by molar-refractivity contribution is 7.66. The molecule has 1 saturated heterocycles. The molecular weight excluding hydrogens is 519 g/mol. The molecule has 1 fully saturated rings. The van der Waals surface area contributed by atoms with Gasteiger partial charge < -0.3 is 40.6 Å². The molecule has 1 aliphatic rings. The van der Waals surface area contributed by atoms with E-state index in [9.17, 15) is 33.1 Å². The van der Waals surface area contributed by atoms with Gasteiger partial charge in [0.05, 0.1) is 6.61 Å². The Labute approximate surface area is 183 Å². The molecule has 2 rings (SSSR count). The van der Waals surface area contributed by atoms with Crippen molar-refractivity contribution in [2.24, 2.45) is 16.6 Å². The Morgan fingerprint density at radius 1 is 1.21 bits per heavy atom. The highest BCUT2D eigenvalue weighted by atomic mass is 31.3. The minimum Gasteiger partial charge on any atom is -0.386 e. The van der Waals surface area contributed by atoms with Crippen LogP contribution >= 0.6 is 23.5 Å². The van der Waals surface area contributed by atoms with Crippen LogP contribution in [-0.4, -0.2) is 53.9 Å². The molecule has 0 amide bonds. The summed E-state index contributed by atoms with van der Waals surface area (Å²) in [6.07, 6.45) is -2.44. The van der Waals surface area contributed by atoms with E-state index in [-0.39, 0.29) is 12.0 Å². The highest BCUT2D eigenvalue weighted by Crippen LogP contribution is 2.66. The van der Waals surface area contributed by atoms with Crippen molar-refractivity contribution in [1.29, 1.82) is 0 Å². The maximum Gasteiger partial charge on any atom is 0.490 e. The Bertz CT molecular complexity index is 1150. The molecule has 0 spiro atoms. The van der Waals surface area contributed by atoms with Gasteiger partial charge in [-0.05, 0) is 12.1 Å². The lowest BCUT2D eigenvalue weighted by Gasteiger charge is -2.20. The van der Waals surface area contributed by atoms with E-state index in [2.05, 4.69) is 23.3 Å². The average Bonchev–Trinajstić information content (AvgIpc) is 3.01. The third kappa shape index (κ3) is 8.44. The summed E-state index contributed by atoms with van der Waals surface area (Å²) >= 11 is 0. The van der Waals surface area contributed by atoms with Crippen LogP contribution in [0.4, 0.5) is 0 Å². The van der Waals surface area contributed by atoms with Gasteiger partial charge in [0.15, 0.2) is 6.10 Å². The van der Waals surface area contributed by atoms with Crippen LogP contribution < -0.4 is 22.7 Å². The maximum absolute atomic E-state index is 12.1. The second kappa shape index (κ2) is 10.2. The number of H-pyrrole nitrogens is 1. The van der Waals surface area contributed by atoms with Crippen LogP contribution in [0.15, 0.2) is 20.9 Å². The van der Waals surface area contributed by atoms with Gasteiger partial charge in [-0.25, -0.2) is 18.5 Å². The number of aromatic nitrogens is 2. The fourth-order valence-corrected chi connectivity index (χ4v) is 5.56. The molecule has 1 aromatic heterocycles. The van der Waals surface area contributed by atoms with Gasteiger partial charge in [0.2, 0.25) is 5.96 Å². The first-order valence-corrected chi connectivity index (χ1v) is 13.0. The Balaban J connectivity index is 2.18. The van der Waals surface area contributed by atoms with E-state index in [4.69, 9.17) is 30.8 Å². The maximum atomic E-state index is 12.1. The van der Waals surface area contributed by atoms with Gasteiger partial charge in [0.25, 0.3) is 5.56 Å². The molecule has 33 heavy (non-hydrogen) atoms. The van der Waals surface area contributed by atoms with Crippen LogP contribution in [0, 0.1) is 6.92 Å². The summed E-state index contributed by atoms with van der Waals surface area (Å²) in [4.78, 5) is 66.6. The predicted molar refractivity (Wildman–Crippen MR) is 105 cm³/mol. The minimum atomic E-state index is -5.72. The number of ether oxygens (including phenoxy) is 1. The van der Waals surface area contributed by atoms with Crippen LogP contribution in [0.5, 0.6) is 0 Å². The topological polar surface area (TPSA) is 298 Å². The van der Waals surface area contributed by atoms with Gasteiger partial charge >= 0.3 is 29.2 Å². The number of oxime groups is 1. The van der Waals surface area contributed by atoms with Gasteiger partial charge in [-0.2, -0.15) is 8.62 Å². The first-order chi connectivity index (χ1) is 15.0. The average molecular weight is 539 g/mol. The second-order valence-electron chi connectivity index (χ2n) is 6.39. The fraction of sp³-hybridized carbons (Fsp3) is 0.545. The standard InChI is InChI=1S/C11H20N5O14P3/c1-5-3-16(11(18)14-9(5)17)8-2-6(28-15-10(12)13)7(27-8)4-26-32(22,23)30-33(24,25)29-31(19,20)21/h3,6-8H,2,4H2,1H3,(H,22,23)(H,24,25)(H4,12,13,15)(H,14,17,18)(H2,19,20,21)/t6?,7-,8?/m1/s1. The number of nitrogens with two attached hydrogens (primary N) is 2. The van der Waals surface area contributed by atoms with Crippen molar-refractivity contribution in [3.63, 3.8) is 0 Å². The SMILES string of the molecule is Cc1cn(C2CC(ON=C(N)N)[C@@H](COP(=O)(O)OP(=O)(O)OP(=O)(O)O)O2)c(=O)[nH]c1=O. The lowest BCUT2D eigenvalue weighted by Crippen LogP contribution is -2.33. The van der Waals surface area contributed by atoms with Crippen LogP contribution in [0.3, 0.4) is 0 Å². The third-order valence-electron chi connectivity index (χ3n) is 3.75. The zero-order valence-corrected chi connectivity index (χ0v) is 19.2. The number of nitrogens with one attached hydrogen (secondary N) is 1. The third-order valence-corrected chi connectivity index (χ3v) is 7.55. The van der Waals surface area contributed by atoms with Crippen LogP contribution in [-0.2, 0) is 36.4 Å². The molecule has 19 nitrogen and oxygen atoms in total. The molecule has 0 aliphatic carbocycles. The van der Waals surface area contributed by atoms with E-state index in [0.29, 0.717) is 0 Å². The van der Waals surface area contributed by atoms with Gasteiger partial charge in [-0.3, -0.25) is 18.9 Å². The second-order valence-corrected chi connectivity index (χ2v) is 10.8. The number of aromatic amines is 1. The van der Waals surface area contributed by atoms with E-state index >= 15 is 0 Å². The van der Waals surface area contributed by atoms with Gasteiger partial charge in [0.1, 0.15) is 12.3 Å². The lowest BCUT2D eigenvalue weighted by molar-refractivity contribution is -0.0605. The van der Waals surface area contributed by atoms with Crippen LogP contribution in [0.1, 0.15) is 18.2 Å². The molecule has 2 heterocycles. The Kier molecular flexibility index (Phi) is 8.43. The minimum absolute atomic E-state index is 0.132. The first-order valence-electron chi connectivity index (χ1n) is 8.48. The molecule has 1 aliphatic heterocycles. The molecule has 0 bridgehead atoms. The quantitative estimate of drug-likeness (QED) is 0.0735. The number of rotatable bonds is 10. The molecule has 22 heteroatoms. The zero-order valence-electron chi connectivity index (χ0n) is 16.5. The summed E-state index contributed by atoms with van der Waals surface area (Å²) in [5.74, 6) is -0.498. The summed E-state index contributed by atoms with van der Waals surface area (Å²) < 4.78 is 52.3. The number of phosphoric acid groups is 3. The van der Waals surface area contributed by atoms with E-state index in [1.165, 1.54) is 13.1 Å². The number of guanidine groups is 1. The predicted octanol–water partition coefficient (Wildman–Crippen LogP) is -1.95. The van der Waals surface area contributed by atoms with Crippen molar-refractivity contribution in [3.8, 4) is 0 Å². The van der Waals surface area contributed by atoms with E-state index in [1.54, 1.807) is 0 Å². The number of hydrogen-bond acceptors (Lipinski definition) is 11. The van der Waals surface area contributed by atoms with Gasteiger partial charge in [-0.15, -0.1) is 0 Å². The molecule has 188 valence electrons. The van der Waals surface area contributed by atoms with Crippen LogP contribution in [0.25, 0.3) is 0 Å². The zero-order chi connectivity index (χ0) is 25.2. The number of hydrogen-bond donors (Lipinski definition) is 7. The summed E-state index contributed by atoms with van der Waals surface area (Å²) in [6.45, 7) is 0.534. The van der Waals surface area contributed by atoms with Crippen molar-refractivity contribution in [2.75, 3.05) is 6.61 Å². The van der Waals surface area contributed by atoms with Crippen molar-refractivity contribution in [1.82, 2.24) is 9.55 Å². The Morgan fingerprint density at radius 3 is 2.42 bits per heavy atom. The highest BCUT2D eigenvalue weighted by Gasteiger charge is 2.44. The normalized spacial score (nSPS) is 24.6. The van der Waals surface area contributed by atoms with Gasteiger partial charge in [-0.1, -0.05) is 0 Å². The smallest absolute Gasteiger partial charge is 0.386 e. The Hall–Kier alpha value is -1.88. The summed E-state index contributed by atoms with van der Waals surface area (Å²) in [5.41, 5.74) is 9.05. The van der Waals surface area contributed by atoms with E-state index < -0.39 is 65.7 Å². The first kappa shape index (κ1) is 27.4. The largest absolute Gasteiger partial charge is 0.490 e. The summed E-state index contributed by atoms with van der Waals surface area (Å²) in [7, 11) is -16.7. The van der Waals surface area contributed by atoms with Gasteiger partial charge in [0, 0.05) is 18.2 Å². The number of phosphoric ester groups is 1. The molecule has 4 unspecified atom stereocenters. The molecule has 9 N–H and O–H groups in total.